The van der Waals surface area contributed by atoms with Crippen LogP contribution in [0.2, 0.25) is 0 Å². The normalized spacial score (nSPS) is 19.4. The first kappa shape index (κ1) is 23.4. The zero-order chi connectivity index (χ0) is 20.2. The number of ether oxygens (including phenoxy) is 3. The lowest BCUT2D eigenvalue weighted by molar-refractivity contribution is -0.387. The summed E-state index contributed by atoms with van der Waals surface area (Å²) >= 11 is 2.29. The van der Waals surface area contributed by atoms with Crippen molar-refractivity contribution in [1.29, 1.82) is 0 Å². The molecule has 144 valence electrons. The van der Waals surface area contributed by atoms with E-state index in [2.05, 4.69) is 30.1 Å². The molecule has 0 amide bonds. The molecule has 0 saturated carbocycles. The van der Waals surface area contributed by atoms with Crippen molar-refractivity contribution in [3.8, 4) is 0 Å². The molecule has 0 radical (unpaired) electrons. The monoisotopic (exact) mass is 432 g/mol. The van der Waals surface area contributed by atoms with Crippen LogP contribution >= 0.6 is 15.9 Å². The predicted octanol–water partition coefficient (Wildman–Crippen LogP) is -2.98. The maximum atomic E-state index is 12.0. The van der Waals surface area contributed by atoms with Crippen LogP contribution in [0.1, 0.15) is 20.8 Å². The van der Waals surface area contributed by atoms with Crippen LogP contribution < -0.4 is 0 Å². The van der Waals surface area contributed by atoms with Gasteiger partial charge in [0.15, 0.2) is 0 Å². The maximum absolute atomic E-state index is 12.0. The molecule has 0 aromatic rings. The molecule has 0 bridgehead atoms. The van der Waals surface area contributed by atoms with E-state index in [9.17, 15) is 39.6 Å². The summed E-state index contributed by atoms with van der Waals surface area (Å²) in [4.78, 5) is 45.4. The van der Waals surface area contributed by atoms with E-state index in [1.807, 2.05) is 0 Å². The lowest BCUT2D eigenvalue weighted by atomic mass is 9.94. The summed E-state index contributed by atoms with van der Waals surface area (Å²) in [6.07, 6.45) is -2.40. The van der Waals surface area contributed by atoms with Crippen molar-refractivity contribution in [2.75, 3.05) is 6.61 Å². The molecule has 0 spiro atoms. The summed E-state index contributed by atoms with van der Waals surface area (Å²) in [5.74, 6) is -14.4. The minimum Gasteiger partial charge on any atom is -0.421 e. The lowest BCUT2D eigenvalue weighted by Gasteiger charge is -2.45. The van der Waals surface area contributed by atoms with Gasteiger partial charge < -0.3 is 39.7 Å². The van der Waals surface area contributed by atoms with E-state index in [1.165, 1.54) is 0 Å². The third kappa shape index (κ3) is 4.71. The van der Waals surface area contributed by atoms with E-state index in [0.29, 0.717) is 20.8 Å². The third-order valence-corrected chi connectivity index (χ3v) is 3.71. The summed E-state index contributed by atoms with van der Waals surface area (Å²) in [5, 5.41) is 49.7. The van der Waals surface area contributed by atoms with Crippen LogP contribution in [0, 0.1) is 0 Å². The number of hydrogen-bond donors (Lipinski definition) is 5. The minimum absolute atomic E-state index is 0.649. The molecule has 0 aliphatic rings. The second-order valence-electron chi connectivity index (χ2n) is 4.73. The minimum atomic E-state index is -4.02. The summed E-state index contributed by atoms with van der Waals surface area (Å²) < 4.78 is 9.18. The fraction of sp³-hybridized carbons (Fsp3) is 0.667. The Bertz CT molecular complexity index is 560. The van der Waals surface area contributed by atoms with Crippen LogP contribution in [-0.4, -0.2) is 78.2 Å². The first-order valence-electron chi connectivity index (χ1n) is 6.42. The van der Waals surface area contributed by atoms with Crippen molar-refractivity contribution in [1.82, 2.24) is 0 Å². The van der Waals surface area contributed by atoms with Crippen LogP contribution in [0.3, 0.4) is 0 Å². The quantitative estimate of drug-likeness (QED) is 0.0899. The molecule has 0 fully saturated rings. The smallest absolute Gasteiger partial charge is 0.394 e. The standard InChI is InChI=1S/C12H17BrO12/c1-5(15)23-9(19)11(21,24-6(2)16)12(22,25-7(3)17)10(13,20)8(18)4-14/h8,14,18,20-22H,4H2,1-3H3/t8-,10-,11-,12-/m1/s1. The molecular formula is C12H17BrO12. The number of halogens is 1. The van der Waals surface area contributed by atoms with E-state index < -0.39 is 52.7 Å². The molecule has 0 aliphatic carbocycles. The van der Waals surface area contributed by atoms with Crippen LogP contribution in [0.25, 0.3) is 0 Å². The highest BCUT2D eigenvalue weighted by molar-refractivity contribution is 9.10. The molecule has 0 heterocycles. The molecule has 13 heteroatoms. The summed E-state index contributed by atoms with van der Waals surface area (Å²) in [6.45, 7) is 0.725. The summed E-state index contributed by atoms with van der Waals surface area (Å²) in [6, 6.07) is 0. The zero-order valence-corrected chi connectivity index (χ0v) is 14.8. The Hall–Kier alpha value is -1.64. The average molecular weight is 433 g/mol. The van der Waals surface area contributed by atoms with Crippen molar-refractivity contribution < 1.29 is 58.9 Å². The topological polar surface area (TPSA) is 197 Å². The van der Waals surface area contributed by atoms with Crippen molar-refractivity contribution in [3.05, 3.63) is 0 Å². The van der Waals surface area contributed by atoms with Gasteiger partial charge in [0.25, 0.3) is 0 Å². The fourth-order valence-electron chi connectivity index (χ4n) is 1.59. The number of hydrogen-bond acceptors (Lipinski definition) is 12. The highest BCUT2D eigenvalue weighted by atomic mass is 79.9. The number of alkyl halides is 1. The Balaban J connectivity index is 6.55. The van der Waals surface area contributed by atoms with Gasteiger partial charge in [-0.2, -0.15) is 0 Å². The van der Waals surface area contributed by atoms with E-state index in [1.54, 1.807) is 0 Å². The average Bonchev–Trinajstić information content (AvgIpc) is 2.43. The Morgan fingerprint density at radius 3 is 1.72 bits per heavy atom. The van der Waals surface area contributed by atoms with Crippen molar-refractivity contribution >= 4 is 39.8 Å². The van der Waals surface area contributed by atoms with Gasteiger partial charge in [0, 0.05) is 20.8 Å². The van der Waals surface area contributed by atoms with E-state index in [-0.39, 0.29) is 0 Å². The van der Waals surface area contributed by atoms with Gasteiger partial charge in [-0.05, 0) is 15.9 Å². The number of rotatable bonds is 7. The molecule has 0 aliphatic heterocycles. The molecule has 0 unspecified atom stereocenters. The second kappa shape index (κ2) is 8.16. The first-order valence-corrected chi connectivity index (χ1v) is 7.22. The second-order valence-corrected chi connectivity index (χ2v) is 5.94. The number of esters is 4. The van der Waals surface area contributed by atoms with Crippen molar-refractivity contribution in [2.24, 2.45) is 0 Å². The predicted molar refractivity (Wildman–Crippen MR) is 77.2 cm³/mol. The highest BCUT2D eigenvalue weighted by Gasteiger charge is 2.74. The van der Waals surface area contributed by atoms with Crippen LogP contribution in [0.5, 0.6) is 0 Å². The van der Waals surface area contributed by atoms with Gasteiger partial charge >= 0.3 is 35.5 Å². The van der Waals surface area contributed by atoms with Gasteiger partial charge in [-0.3, -0.25) is 14.4 Å². The largest absolute Gasteiger partial charge is 0.421 e. The van der Waals surface area contributed by atoms with Crippen LogP contribution in [0.15, 0.2) is 0 Å². The van der Waals surface area contributed by atoms with Gasteiger partial charge in [-0.25, -0.2) is 4.79 Å². The molecule has 0 aromatic heterocycles. The Labute approximate surface area is 149 Å². The number of carbonyl (C=O) groups excluding carboxylic acids is 4. The van der Waals surface area contributed by atoms with Gasteiger partial charge in [-0.1, -0.05) is 0 Å². The summed E-state index contributed by atoms with van der Waals surface area (Å²) in [7, 11) is 0. The molecule has 4 atom stereocenters. The van der Waals surface area contributed by atoms with E-state index in [0.717, 1.165) is 0 Å². The van der Waals surface area contributed by atoms with Crippen molar-refractivity contribution in [2.45, 2.75) is 43.0 Å². The van der Waals surface area contributed by atoms with Crippen molar-refractivity contribution in [3.63, 3.8) is 0 Å². The molecule has 5 N–H and O–H groups in total. The van der Waals surface area contributed by atoms with Gasteiger partial charge in [0.2, 0.25) is 4.51 Å². The Morgan fingerprint density at radius 1 is 0.960 bits per heavy atom. The molecule has 0 rings (SSSR count). The molecule has 25 heavy (non-hydrogen) atoms. The van der Waals surface area contributed by atoms with Gasteiger partial charge in [0.1, 0.15) is 6.10 Å². The third-order valence-electron chi connectivity index (χ3n) is 2.65. The molecule has 0 aromatic carbocycles. The van der Waals surface area contributed by atoms with Gasteiger partial charge in [-0.15, -0.1) is 0 Å². The van der Waals surface area contributed by atoms with Crippen LogP contribution in [0.4, 0.5) is 0 Å². The SMILES string of the molecule is CC(=O)OC(=O)[C@@](O)(OC(C)=O)[C@](O)(OC(C)=O)[C@@](O)(Br)[C@H](O)CO. The molecular weight excluding hydrogens is 416 g/mol. The molecule has 12 nitrogen and oxygen atoms in total. The molecule has 0 saturated heterocycles. The summed E-state index contributed by atoms with van der Waals surface area (Å²) in [5.41, 5.74) is 0. The number of carbonyl (C=O) groups is 4. The number of aliphatic hydroxyl groups is 5. The first-order chi connectivity index (χ1) is 11.2. The Kier molecular flexibility index (Phi) is 7.62. The number of aliphatic hydroxyl groups excluding tert-OH is 2. The van der Waals surface area contributed by atoms with E-state index in [4.69, 9.17) is 5.11 Å². The maximum Gasteiger partial charge on any atom is 0.394 e. The lowest BCUT2D eigenvalue weighted by Crippen LogP contribution is -2.75. The Morgan fingerprint density at radius 2 is 1.40 bits per heavy atom. The fourth-order valence-corrected chi connectivity index (χ4v) is 2.08. The van der Waals surface area contributed by atoms with Crippen LogP contribution in [-0.2, 0) is 33.4 Å². The van der Waals surface area contributed by atoms with Gasteiger partial charge in [0.05, 0.1) is 6.61 Å². The van der Waals surface area contributed by atoms with E-state index >= 15 is 0 Å². The highest BCUT2D eigenvalue weighted by Crippen LogP contribution is 2.42. The zero-order valence-electron chi connectivity index (χ0n) is 13.3.